The molecule has 8 aromatic rings. The topological polar surface area (TPSA) is 12.9 Å². The van der Waals surface area contributed by atoms with E-state index in [1.807, 2.05) is 12.3 Å². The van der Waals surface area contributed by atoms with Gasteiger partial charge in [-0.25, -0.2) is 0 Å². The fourth-order valence-corrected chi connectivity index (χ4v) is 6.13. The minimum atomic E-state index is 1.06. The van der Waals surface area contributed by atoms with Crippen molar-refractivity contribution in [2.45, 2.75) is 0 Å². The smallest absolute Gasteiger partial charge is 0.0786 e. The molecular formula is C35H21N. The molecule has 8 rings (SSSR count). The highest BCUT2D eigenvalue weighted by Crippen LogP contribution is 2.42. The van der Waals surface area contributed by atoms with Gasteiger partial charge in [-0.05, 0) is 71.7 Å². The molecule has 36 heavy (non-hydrogen) atoms. The van der Waals surface area contributed by atoms with Gasteiger partial charge in [-0.15, -0.1) is 0 Å². The summed E-state index contributed by atoms with van der Waals surface area (Å²) in [6, 6.07) is 44.1. The van der Waals surface area contributed by atoms with Crippen LogP contribution in [0.15, 0.2) is 128 Å². The Morgan fingerprint density at radius 3 is 1.58 bits per heavy atom. The van der Waals surface area contributed by atoms with Crippen molar-refractivity contribution in [2.24, 2.45) is 0 Å². The Labute approximate surface area is 208 Å². The van der Waals surface area contributed by atoms with Gasteiger partial charge in [0.05, 0.1) is 5.52 Å². The summed E-state index contributed by atoms with van der Waals surface area (Å²) in [6.07, 6.45) is 1.90. The van der Waals surface area contributed by atoms with E-state index in [-0.39, 0.29) is 0 Å². The summed E-state index contributed by atoms with van der Waals surface area (Å²) >= 11 is 0. The lowest BCUT2D eigenvalue weighted by atomic mass is 9.89. The molecule has 0 radical (unpaired) electrons. The van der Waals surface area contributed by atoms with Gasteiger partial charge in [0, 0.05) is 17.0 Å². The van der Waals surface area contributed by atoms with Crippen molar-refractivity contribution in [3.63, 3.8) is 0 Å². The van der Waals surface area contributed by atoms with Crippen LogP contribution in [0.4, 0.5) is 0 Å². The predicted octanol–water partition coefficient (Wildman–Crippen LogP) is 9.67. The average molecular weight is 456 g/mol. The number of pyridine rings is 1. The maximum absolute atomic E-state index is 4.82. The quantitative estimate of drug-likeness (QED) is 0.225. The minimum Gasteiger partial charge on any atom is -0.256 e. The summed E-state index contributed by atoms with van der Waals surface area (Å²) in [5, 5.41) is 14.0. The highest BCUT2D eigenvalue weighted by molar-refractivity contribution is 6.29. The third kappa shape index (κ3) is 2.63. The van der Waals surface area contributed by atoms with Gasteiger partial charge in [-0.3, -0.25) is 4.98 Å². The van der Waals surface area contributed by atoms with Gasteiger partial charge >= 0.3 is 0 Å². The first-order valence-electron chi connectivity index (χ1n) is 12.4. The molecule has 1 heteroatoms. The summed E-state index contributed by atoms with van der Waals surface area (Å²) in [4.78, 5) is 4.82. The molecule has 0 aliphatic rings. The van der Waals surface area contributed by atoms with Crippen LogP contribution in [0.5, 0.6) is 0 Å². The van der Waals surface area contributed by atoms with E-state index in [0.717, 1.165) is 5.52 Å². The molecule has 0 bridgehead atoms. The molecule has 1 aromatic heterocycles. The Bertz CT molecular complexity index is 2070. The van der Waals surface area contributed by atoms with E-state index >= 15 is 0 Å². The minimum absolute atomic E-state index is 1.06. The zero-order valence-electron chi connectivity index (χ0n) is 19.6. The molecule has 0 saturated carbocycles. The molecule has 166 valence electrons. The van der Waals surface area contributed by atoms with Crippen LogP contribution >= 0.6 is 0 Å². The molecule has 0 amide bonds. The monoisotopic (exact) mass is 455 g/mol. The van der Waals surface area contributed by atoms with Crippen molar-refractivity contribution < 1.29 is 0 Å². The van der Waals surface area contributed by atoms with Gasteiger partial charge in [0.2, 0.25) is 0 Å². The maximum Gasteiger partial charge on any atom is 0.0786 e. The van der Waals surface area contributed by atoms with Crippen molar-refractivity contribution in [1.82, 2.24) is 4.98 Å². The van der Waals surface area contributed by atoms with E-state index in [1.54, 1.807) is 0 Å². The lowest BCUT2D eigenvalue weighted by Gasteiger charge is -2.15. The summed E-state index contributed by atoms with van der Waals surface area (Å²) in [6.45, 7) is 0. The Balaban J connectivity index is 1.54. The number of nitrogens with zero attached hydrogens (tertiary/aromatic N) is 1. The van der Waals surface area contributed by atoms with Crippen molar-refractivity contribution in [3.05, 3.63) is 128 Å². The third-order valence-corrected chi connectivity index (χ3v) is 7.67. The molecule has 1 heterocycles. The molecular weight excluding hydrogens is 434 g/mol. The summed E-state index contributed by atoms with van der Waals surface area (Å²) < 4.78 is 0. The first kappa shape index (κ1) is 19.5. The van der Waals surface area contributed by atoms with Gasteiger partial charge in [0.25, 0.3) is 0 Å². The molecule has 0 fully saturated rings. The van der Waals surface area contributed by atoms with Crippen LogP contribution in [0.3, 0.4) is 0 Å². The van der Waals surface area contributed by atoms with Crippen molar-refractivity contribution in [3.8, 4) is 11.1 Å². The first-order valence-corrected chi connectivity index (χ1v) is 12.4. The van der Waals surface area contributed by atoms with E-state index in [0.29, 0.717) is 0 Å². The average Bonchev–Trinajstić information content (AvgIpc) is 2.97. The second-order valence-electron chi connectivity index (χ2n) is 9.52. The zero-order chi connectivity index (χ0) is 23.6. The lowest BCUT2D eigenvalue weighted by Crippen LogP contribution is -1.89. The summed E-state index contributed by atoms with van der Waals surface area (Å²) in [7, 11) is 0. The number of hydrogen-bond acceptors (Lipinski definition) is 1. The fourth-order valence-electron chi connectivity index (χ4n) is 6.13. The van der Waals surface area contributed by atoms with Crippen LogP contribution in [0.1, 0.15) is 0 Å². The standard InChI is InChI=1S/C35H21N/c1-2-11-26-24(9-1)25-10-3-4-12-27(25)33-21-22(18-19-29(26)33)23-15-7-16-32-34(23)30-14-6-5-13-28(30)31-17-8-20-36-35(31)32/h1-21H. The van der Waals surface area contributed by atoms with Crippen LogP contribution in [-0.2, 0) is 0 Å². The molecule has 0 spiro atoms. The zero-order valence-corrected chi connectivity index (χ0v) is 19.6. The van der Waals surface area contributed by atoms with Crippen molar-refractivity contribution >= 4 is 64.8 Å². The number of fused-ring (bicyclic) bond motifs is 12. The number of hydrogen-bond donors (Lipinski definition) is 0. The second kappa shape index (κ2) is 7.37. The van der Waals surface area contributed by atoms with Gasteiger partial charge in [0.1, 0.15) is 0 Å². The highest BCUT2D eigenvalue weighted by atomic mass is 14.6. The lowest BCUT2D eigenvalue weighted by molar-refractivity contribution is 1.43. The Hall–Kier alpha value is -4.75. The molecule has 0 N–H and O–H groups in total. The van der Waals surface area contributed by atoms with Gasteiger partial charge in [-0.1, -0.05) is 109 Å². The number of rotatable bonds is 1. The predicted molar refractivity (Wildman–Crippen MR) is 155 cm³/mol. The molecule has 0 atom stereocenters. The van der Waals surface area contributed by atoms with E-state index in [1.165, 1.54) is 70.4 Å². The maximum atomic E-state index is 4.82. The molecule has 7 aromatic carbocycles. The normalized spacial score (nSPS) is 11.9. The Morgan fingerprint density at radius 1 is 0.361 bits per heavy atom. The van der Waals surface area contributed by atoms with Crippen LogP contribution in [0.25, 0.3) is 75.9 Å². The van der Waals surface area contributed by atoms with Crippen molar-refractivity contribution in [1.29, 1.82) is 0 Å². The SMILES string of the molecule is c1ccc2c(c1)c1ccccc1c1cc(-c3cccc4c5ncccc5c5ccccc5c34)ccc21. The van der Waals surface area contributed by atoms with E-state index in [9.17, 15) is 0 Å². The molecule has 0 unspecified atom stereocenters. The molecule has 0 aliphatic carbocycles. The van der Waals surface area contributed by atoms with Crippen LogP contribution in [-0.4, -0.2) is 4.98 Å². The third-order valence-electron chi connectivity index (χ3n) is 7.67. The number of benzene rings is 7. The summed E-state index contributed by atoms with van der Waals surface area (Å²) in [5.74, 6) is 0. The fraction of sp³-hybridized carbons (Fsp3) is 0. The summed E-state index contributed by atoms with van der Waals surface area (Å²) in [5.41, 5.74) is 3.54. The molecule has 1 nitrogen and oxygen atoms in total. The van der Waals surface area contributed by atoms with Crippen LogP contribution in [0.2, 0.25) is 0 Å². The van der Waals surface area contributed by atoms with Gasteiger partial charge in [0.15, 0.2) is 0 Å². The van der Waals surface area contributed by atoms with E-state index < -0.39 is 0 Å². The van der Waals surface area contributed by atoms with E-state index in [2.05, 4.69) is 115 Å². The van der Waals surface area contributed by atoms with Gasteiger partial charge < -0.3 is 0 Å². The van der Waals surface area contributed by atoms with E-state index in [4.69, 9.17) is 4.98 Å². The molecule has 0 saturated heterocycles. The Morgan fingerprint density at radius 2 is 0.889 bits per heavy atom. The van der Waals surface area contributed by atoms with Crippen LogP contribution in [0, 0.1) is 0 Å². The largest absolute Gasteiger partial charge is 0.256 e. The molecule has 0 aliphatic heterocycles. The second-order valence-corrected chi connectivity index (χ2v) is 9.52. The Kier molecular flexibility index (Phi) is 4.00. The number of aromatic nitrogens is 1. The van der Waals surface area contributed by atoms with Crippen LogP contribution < -0.4 is 0 Å². The van der Waals surface area contributed by atoms with Crippen molar-refractivity contribution in [2.75, 3.05) is 0 Å². The van der Waals surface area contributed by atoms with Gasteiger partial charge in [-0.2, -0.15) is 0 Å². The highest BCUT2D eigenvalue weighted by Gasteiger charge is 2.15. The first-order chi connectivity index (χ1) is 17.9.